The van der Waals surface area contributed by atoms with Crippen LogP contribution in [0.4, 0.5) is 0 Å². The first-order chi connectivity index (χ1) is 12.1. The molecule has 0 aliphatic rings. The summed E-state index contributed by atoms with van der Waals surface area (Å²) in [6.07, 6.45) is 0.877. The van der Waals surface area contributed by atoms with Gasteiger partial charge < -0.3 is 0 Å². The molecule has 0 unspecified atom stereocenters. The number of Topliss-reactive ketones (excluding diaryl/α,β-unsaturated/α-hetero) is 1. The Morgan fingerprint density at radius 3 is 2.50 bits per heavy atom. The second-order valence-electron chi connectivity index (χ2n) is 6.95. The predicted molar refractivity (Wildman–Crippen MR) is 104 cm³/mol. The summed E-state index contributed by atoms with van der Waals surface area (Å²) in [6, 6.07) is 11.7. The van der Waals surface area contributed by atoms with Gasteiger partial charge in [-0.1, -0.05) is 56.3 Å². The maximum absolute atomic E-state index is 12.8. The molecule has 2 aromatic carbocycles. The molecule has 0 saturated carbocycles. The second-order valence-corrected chi connectivity index (χ2v) is 9.54. The Bertz CT molecular complexity index is 1140. The van der Waals surface area contributed by atoms with Crippen molar-refractivity contribution in [3.8, 4) is 0 Å². The van der Waals surface area contributed by atoms with Crippen LogP contribution in [0.2, 0.25) is 0 Å². The van der Waals surface area contributed by atoms with Crippen LogP contribution in [-0.2, 0) is 19.2 Å². The van der Waals surface area contributed by atoms with Crippen molar-refractivity contribution >= 4 is 53.9 Å². The van der Waals surface area contributed by atoms with Crippen LogP contribution in [0.15, 0.2) is 41.6 Å². The molecule has 0 aliphatic heterocycles. The normalized spacial score (nSPS) is 13.3. The predicted octanol–water partition coefficient (Wildman–Crippen LogP) is 3.75. The highest BCUT2D eigenvalue weighted by Crippen LogP contribution is 2.31. The van der Waals surface area contributed by atoms with Crippen molar-refractivity contribution in [2.24, 2.45) is 10.6 Å². The fourth-order valence-corrected chi connectivity index (χ4v) is 3.57. The maximum Gasteiger partial charge on any atom is 0.325 e. The van der Waals surface area contributed by atoms with E-state index in [1.54, 1.807) is 20.8 Å². The van der Waals surface area contributed by atoms with E-state index in [0.29, 0.717) is 5.01 Å². The van der Waals surface area contributed by atoms with Crippen molar-refractivity contribution in [1.82, 2.24) is 4.98 Å². The molecule has 3 aromatic rings. The molecule has 0 spiro atoms. The molecule has 1 heterocycles. The SMILES string of the molecule is CC(C)(C)C(=O)/C(=N\OS(C)(=O)=O)c1nc2c(ccc3ccccc32)s1. The Kier molecular flexibility index (Phi) is 4.58. The highest BCUT2D eigenvalue weighted by Gasteiger charge is 2.31. The number of hydrogen-bond acceptors (Lipinski definition) is 7. The molecular weight excluding hydrogens is 372 g/mol. The number of carbonyl (C=O) groups is 1. The fourth-order valence-electron chi connectivity index (χ4n) is 2.40. The zero-order valence-electron chi connectivity index (χ0n) is 14.8. The van der Waals surface area contributed by atoms with Crippen molar-refractivity contribution < 1.29 is 17.5 Å². The summed E-state index contributed by atoms with van der Waals surface area (Å²) in [4.78, 5) is 17.4. The first kappa shape index (κ1) is 18.5. The summed E-state index contributed by atoms with van der Waals surface area (Å²) in [7, 11) is -3.83. The van der Waals surface area contributed by atoms with E-state index < -0.39 is 15.5 Å². The number of rotatable bonds is 4. The van der Waals surface area contributed by atoms with Gasteiger partial charge in [-0.2, -0.15) is 8.42 Å². The zero-order valence-corrected chi connectivity index (χ0v) is 16.4. The Balaban J connectivity index is 2.20. The third kappa shape index (κ3) is 3.76. The van der Waals surface area contributed by atoms with Gasteiger partial charge in [0.15, 0.2) is 11.5 Å². The van der Waals surface area contributed by atoms with E-state index in [-0.39, 0.29) is 11.5 Å². The highest BCUT2D eigenvalue weighted by atomic mass is 32.2. The molecule has 6 nitrogen and oxygen atoms in total. The Labute approximate surface area is 155 Å². The fraction of sp³-hybridized carbons (Fsp3) is 0.278. The van der Waals surface area contributed by atoms with Crippen LogP contribution in [0.25, 0.3) is 21.0 Å². The summed E-state index contributed by atoms with van der Waals surface area (Å²) in [5.41, 5.74) is -0.107. The molecule has 0 N–H and O–H groups in total. The third-order valence-corrected chi connectivity index (χ3v) is 5.02. The molecule has 0 aliphatic carbocycles. The lowest BCUT2D eigenvalue weighted by molar-refractivity contribution is -0.119. The van der Waals surface area contributed by atoms with Crippen molar-refractivity contribution in [2.75, 3.05) is 6.26 Å². The summed E-state index contributed by atoms with van der Waals surface area (Å²) >= 11 is 1.28. The number of hydrogen-bond donors (Lipinski definition) is 0. The molecule has 26 heavy (non-hydrogen) atoms. The molecule has 0 atom stereocenters. The third-order valence-electron chi connectivity index (χ3n) is 3.65. The van der Waals surface area contributed by atoms with Crippen LogP contribution >= 0.6 is 11.3 Å². The van der Waals surface area contributed by atoms with Crippen LogP contribution in [0.3, 0.4) is 0 Å². The minimum atomic E-state index is -3.83. The molecule has 1 aromatic heterocycles. The van der Waals surface area contributed by atoms with Crippen LogP contribution in [0, 0.1) is 5.41 Å². The lowest BCUT2D eigenvalue weighted by Gasteiger charge is -2.16. The van der Waals surface area contributed by atoms with Gasteiger partial charge in [-0.3, -0.25) is 9.08 Å². The van der Waals surface area contributed by atoms with Crippen molar-refractivity contribution in [2.45, 2.75) is 20.8 Å². The van der Waals surface area contributed by atoms with E-state index in [9.17, 15) is 13.2 Å². The molecule has 0 saturated heterocycles. The number of fused-ring (bicyclic) bond motifs is 3. The molecule has 8 heteroatoms. The van der Waals surface area contributed by atoms with Crippen LogP contribution in [0.5, 0.6) is 0 Å². The van der Waals surface area contributed by atoms with E-state index in [1.165, 1.54) is 11.3 Å². The standard InChI is InChI=1S/C18H18N2O4S2/c1-18(2,3)16(21)15(20-24-26(4,22)23)17-19-14-12-8-6-5-7-11(12)9-10-13(14)25-17/h5-10H,1-4H3/b20-15+. The monoisotopic (exact) mass is 390 g/mol. The summed E-state index contributed by atoms with van der Waals surface area (Å²) < 4.78 is 28.1. The number of oxime groups is 1. The number of carbonyl (C=O) groups excluding carboxylic acids is 1. The van der Waals surface area contributed by atoms with E-state index in [0.717, 1.165) is 27.2 Å². The largest absolute Gasteiger partial charge is 0.325 e. The van der Waals surface area contributed by atoms with Gasteiger partial charge in [0.25, 0.3) is 0 Å². The Morgan fingerprint density at radius 2 is 1.85 bits per heavy atom. The van der Waals surface area contributed by atoms with Crippen molar-refractivity contribution in [1.29, 1.82) is 0 Å². The topological polar surface area (TPSA) is 85.7 Å². The Morgan fingerprint density at radius 1 is 1.15 bits per heavy atom. The molecule has 3 rings (SSSR count). The maximum atomic E-state index is 12.8. The van der Waals surface area contributed by atoms with Gasteiger partial charge in [-0.05, 0) is 11.5 Å². The van der Waals surface area contributed by atoms with Gasteiger partial charge in [-0.15, -0.1) is 11.3 Å². The number of ketones is 1. The number of benzene rings is 2. The van der Waals surface area contributed by atoms with Crippen LogP contribution in [-0.4, -0.2) is 31.2 Å². The van der Waals surface area contributed by atoms with Gasteiger partial charge >= 0.3 is 10.1 Å². The highest BCUT2D eigenvalue weighted by molar-refractivity contribution is 7.85. The molecule has 0 amide bonds. The van der Waals surface area contributed by atoms with Crippen molar-refractivity contribution in [3.05, 3.63) is 41.4 Å². The smallest absolute Gasteiger partial charge is 0.292 e. The summed E-state index contributed by atoms with van der Waals surface area (Å²) in [5.74, 6) is -0.343. The van der Waals surface area contributed by atoms with Gasteiger partial charge in [0, 0.05) is 10.8 Å². The van der Waals surface area contributed by atoms with E-state index in [4.69, 9.17) is 0 Å². The van der Waals surface area contributed by atoms with E-state index in [2.05, 4.69) is 14.4 Å². The minimum Gasteiger partial charge on any atom is -0.292 e. The zero-order chi connectivity index (χ0) is 19.1. The van der Waals surface area contributed by atoms with Gasteiger partial charge in [0.2, 0.25) is 0 Å². The quantitative estimate of drug-likeness (QED) is 0.500. The van der Waals surface area contributed by atoms with Gasteiger partial charge in [0.05, 0.1) is 16.5 Å². The van der Waals surface area contributed by atoms with Crippen molar-refractivity contribution in [3.63, 3.8) is 0 Å². The lowest BCUT2D eigenvalue weighted by atomic mass is 9.88. The lowest BCUT2D eigenvalue weighted by Crippen LogP contribution is -2.29. The molecule has 0 radical (unpaired) electrons. The summed E-state index contributed by atoms with van der Waals surface area (Å²) in [6.45, 7) is 5.19. The Hall–Kier alpha value is -2.32. The second kappa shape index (κ2) is 6.44. The van der Waals surface area contributed by atoms with Gasteiger partial charge in [0.1, 0.15) is 5.01 Å². The first-order valence-electron chi connectivity index (χ1n) is 7.86. The molecule has 136 valence electrons. The molecule has 0 fully saturated rings. The molecular formula is C18H18N2O4S2. The van der Waals surface area contributed by atoms with Crippen LogP contribution in [0.1, 0.15) is 25.8 Å². The molecule has 0 bridgehead atoms. The average molecular weight is 390 g/mol. The number of aromatic nitrogens is 1. The minimum absolute atomic E-state index is 0.0896. The number of nitrogens with zero attached hydrogens (tertiary/aromatic N) is 2. The average Bonchev–Trinajstić information content (AvgIpc) is 2.97. The van der Waals surface area contributed by atoms with Crippen LogP contribution < -0.4 is 0 Å². The first-order valence-corrected chi connectivity index (χ1v) is 10.5. The van der Waals surface area contributed by atoms with E-state index in [1.807, 2.05) is 36.4 Å². The van der Waals surface area contributed by atoms with Gasteiger partial charge in [-0.25, -0.2) is 4.98 Å². The summed E-state index contributed by atoms with van der Waals surface area (Å²) in [5, 5.41) is 5.96. The van der Waals surface area contributed by atoms with E-state index >= 15 is 0 Å². The number of thiazole rings is 1.